The molecule has 0 aromatic heterocycles. The molecule has 0 rings (SSSR count). The molecule has 0 unspecified atom stereocenters. The number of allylic oxidation sites excluding steroid dienone is 5. The van der Waals surface area contributed by atoms with E-state index in [1.165, 1.54) is 5.54 Å². The standard InChI is InChI=1S/C8H9Cl/c1-3-8(4-2)6-5-7-9/h3-7H,1-2H2. The lowest BCUT2D eigenvalue weighted by Gasteiger charge is -1.84. The Morgan fingerprint density at radius 1 is 1.22 bits per heavy atom. The predicted molar refractivity (Wildman–Crippen MR) is 43.5 cm³/mol. The Morgan fingerprint density at radius 2 is 1.78 bits per heavy atom. The van der Waals surface area contributed by atoms with Crippen LogP contribution in [0.4, 0.5) is 0 Å². The van der Waals surface area contributed by atoms with Gasteiger partial charge in [-0.2, -0.15) is 0 Å². The van der Waals surface area contributed by atoms with Crippen LogP contribution >= 0.6 is 11.6 Å². The third-order valence-electron chi connectivity index (χ3n) is 0.833. The van der Waals surface area contributed by atoms with Crippen LogP contribution in [0.3, 0.4) is 0 Å². The molecule has 0 aliphatic rings. The van der Waals surface area contributed by atoms with Crippen LogP contribution in [0.15, 0.2) is 48.6 Å². The van der Waals surface area contributed by atoms with Crippen molar-refractivity contribution in [2.24, 2.45) is 0 Å². The molecule has 0 aromatic rings. The van der Waals surface area contributed by atoms with Crippen molar-refractivity contribution in [3.63, 3.8) is 0 Å². The van der Waals surface area contributed by atoms with Gasteiger partial charge in [0.2, 0.25) is 0 Å². The van der Waals surface area contributed by atoms with Gasteiger partial charge in [-0.15, -0.1) is 0 Å². The summed E-state index contributed by atoms with van der Waals surface area (Å²) in [5.74, 6) is 0. The highest BCUT2D eigenvalue weighted by Gasteiger charge is 1.75. The molecule has 0 spiro atoms. The Morgan fingerprint density at radius 3 is 2.11 bits per heavy atom. The van der Waals surface area contributed by atoms with E-state index in [1.807, 2.05) is 6.08 Å². The molecule has 0 aromatic carbocycles. The zero-order chi connectivity index (χ0) is 7.11. The minimum atomic E-state index is 0.965. The second-order valence-corrected chi connectivity index (χ2v) is 1.65. The van der Waals surface area contributed by atoms with E-state index in [1.54, 1.807) is 18.2 Å². The SMILES string of the molecule is C=CC(C=C)=CC=CCl. The van der Waals surface area contributed by atoms with E-state index in [0.29, 0.717) is 0 Å². The lowest BCUT2D eigenvalue weighted by Crippen LogP contribution is -1.63. The predicted octanol–water partition coefficient (Wildman–Crippen LogP) is 3.04. The van der Waals surface area contributed by atoms with Gasteiger partial charge < -0.3 is 0 Å². The summed E-state index contributed by atoms with van der Waals surface area (Å²) in [5.41, 5.74) is 2.40. The summed E-state index contributed by atoms with van der Waals surface area (Å²) in [6, 6.07) is 0. The second-order valence-electron chi connectivity index (χ2n) is 1.39. The van der Waals surface area contributed by atoms with Gasteiger partial charge in [0.25, 0.3) is 0 Å². The van der Waals surface area contributed by atoms with Crippen molar-refractivity contribution < 1.29 is 0 Å². The van der Waals surface area contributed by atoms with Gasteiger partial charge in [0.05, 0.1) is 0 Å². The minimum absolute atomic E-state index is 0.965. The van der Waals surface area contributed by atoms with E-state index in [2.05, 4.69) is 13.2 Å². The first-order chi connectivity index (χ1) is 4.35. The van der Waals surface area contributed by atoms with Gasteiger partial charge in [-0.25, -0.2) is 0 Å². The number of halogens is 1. The molecule has 0 radical (unpaired) electrons. The highest BCUT2D eigenvalue weighted by Crippen LogP contribution is 1.96. The summed E-state index contributed by atoms with van der Waals surface area (Å²) in [7, 11) is 0. The molecule has 0 saturated heterocycles. The van der Waals surface area contributed by atoms with Crippen LogP contribution in [-0.4, -0.2) is 0 Å². The molecule has 0 atom stereocenters. The van der Waals surface area contributed by atoms with Crippen molar-refractivity contribution in [2.75, 3.05) is 0 Å². The lowest BCUT2D eigenvalue weighted by molar-refractivity contribution is 1.73. The Labute approximate surface area is 60.8 Å². The summed E-state index contributed by atoms with van der Waals surface area (Å²) in [6.45, 7) is 7.14. The molecule has 0 nitrogen and oxygen atoms in total. The summed E-state index contributed by atoms with van der Waals surface area (Å²) in [5, 5.41) is 0. The second kappa shape index (κ2) is 5.39. The molecule has 0 bridgehead atoms. The molecule has 0 fully saturated rings. The Bertz CT molecular complexity index is 142. The third kappa shape index (κ3) is 3.80. The van der Waals surface area contributed by atoms with E-state index < -0.39 is 0 Å². The molecule has 48 valence electrons. The van der Waals surface area contributed by atoms with E-state index in [-0.39, 0.29) is 0 Å². The van der Waals surface area contributed by atoms with Crippen LogP contribution in [-0.2, 0) is 0 Å². The molecule has 9 heavy (non-hydrogen) atoms. The molecule has 0 N–H and O–H groups in total. The normalized spacial score (nSPS) is 9.00. The number of hydrogen-bond donors (Lipinski definition) is 0. The molecule has 0 saturated carbocycles. The maximum atomic E-state index is 5.27. The van der Waals surface area contributed by atoms with Gasteiger partial charge in [-0.1, -0.05) is 49.1 Å². The van der Waals surface area contributed by atoms with Crippen LogP contribution in [0.1, 0.15) is 0 Å². The fourth-order valence-corrected chi connectivity index (χ4v) is 0.440. The fourth-order valence-electron chi connectivity index (χ4n) is 0.367. The number of hydrogen-bond acceptors (Lipinski definition) is 0. The van der Waals surface area contributed by atoms with Crippen LogP contribution in [0, 0.1) is 0 Å². The fraction of sp³-hybridized carbons (Fsp3) is 0. The van der Waals surface area contributed by atoms with Gasteiger partial charge in [0.15, 0.2) is 0 Å². The van der Waals surface area contributed by atoms with Gasteiger partial charge in [0.1, 0.15) is 0 Å². The minimum Gasteiger partial charge on any atom is -0.0985 e. The first-order valence-electron chi connectivity index (χ1n) is 2.57. The zero-order valence-corrected chi connectivity index (χ0v) is 5.93. The third-order valence-corrected chi connectivity index (χ3v) is 0.978. The lowest BCUT2D eigenvalue weighted by atomic mass is 10.2. The summed E-state index contributed by atoms with van der Waals surface area (Å²) < 4.78 is 0. The van der Waals surface area contributed by atoms with Gasteiger partial charge >= 0.3 is 0 Å². The van der Waals surface area contributed by atoms with E-state index in [9.17, 15) is 0 Å². The average molecular weight is 141 g/mol. The highest BCUT2D eigenvalue weighted by molar-refractivity contribution is 6.25. The quantitative estimate of drug-likeness (QED) is 0.529. The van der Waals surface area contributed by atoms with E-state index in [4.69, 9.17) is 11.6 Å². The van der Waals surface area contributed by atoms with Crippen molar-refractivity contribution in [3.05, 3.63) is 48.6 Å². The summed E-state index contributed by atoms with van der Waals surface area (Å²) in [4.78, 5) is 0. The van der Waals surface area contributed by atoms with Crippen LogP contribution in [0.25, 0.3) is 0 Å². The molecule has 0 aliphatic carbocycles. The van der Waals surface area contributed by atoms with Gasteiger partial charge in [-0.3, -0.25) is 0 Å². The molecule has 0 amide bonds. The molecule has 0 aliphatic heterocycles. The summed E-state index contributed by atoms with van der Waals surface area (Å²) in [6.07, 6.45) is 6.97. The van der Waals surface area contributed by atoms with Crippen molar-refractivity contribution in [3.8, 4) is 0 Å². The van der Waals surface area contributed by atoms with Gasteiger partial charge in [-0.05, 0) is 5.57 Å². The average Bonchev–Trinajstić information content (AvgIpc) is 1.91. The molecular weight excluding hydrogens is 132 g/mol. The van der Waals surface area contributed by atoms with E-state index >= 15 is 0 Å². The zero-order valence-electron chi connectivity index (χ0n) is 5.18. The maximum Gasteiger partial charge on any atom is 0.00426 e. The topological polar surface area (TPSA) is 0 Å². The molecular formula is C8H9Cl. The van der Waals surface area contributed by atoms with Crippen LogP contribution in [0.2, 0.25) is 0 Å². The summed E-state index contributed by atoms with van der Waals surface area (Å²) >= 11 is 5.27. The Balaban J connectivity index is 4.06. The maximum absolute atomic E-state index is 5.27. The first-order valence-corrected chi connectivity index (χ1v) is 3.00. The van der Waals surface area contributed by atoms with E-state index in [0.717, 1.165) is 5.57 Å². The van der Waals surface area contributed by atoms with Crippen molar-refractivity contribution in [2.45, 2.75) is 0 Å². The van der Waals surface area contributed by atoms with Crippen LogP contribution in [0.5, 0.6) is 0 Å². The van der Waals surface area contributed by atoms with Gasteiger partial charge in [0, 0.05) is 5.54 Å². The van der Waals surface area contributed by atoms with Crippen LogP contribution < -0.4 is 0 Å². The number of rotatable bonds is 3. The van der Waals surface area contributed by atoms with Crippen molar-refractivity contribution >= 4 is 11.6 Å². The Kier molecular flexibility index (Phi) is 4.94. The van der Waals surface area contributed by atoms with Crippen molar-refractivity contribution in [1.82, 2.24) is 0 Å². The van der Waals surface area contributed by atoms with Crippen molar-refractivity contribution in [1.29, 1.82) is 0 Å². The molecule has 1 heteroatoms. The highest BCUT2D eigenvalue weighted by atomic mass is 35.5. The largest absolute Gasteiger partial charge is 0.0985 e. The molecule has 0 heterocycles. The monoisotopic (exact) mass is 140 g/mol. The smallest absolute Gasteiger partial charge is 0.00426 e. The first kappa shape index (κ1) is 8.25. The Hall–Kier alpha value is -0.750.